The number of aryl methyl sites for hydroxylation is 1. The Morgan fingerprint density at radius 1 is 0.517 bits per heavy atom. The molecule has 0 atom stereocenters. The summed E-state index contributed by atoms with van der Waals surface area (Å²) in [7, 11) is -1.75. The Morgan fingerprint density at radius 2 is 0.931 bits per heavy atom. The van der Waals surface area contributed by atoms with Gasteiger partial charge in [-0.25, -0.2) is 0 Å². The zero-order chi connectivity index (χ0) is 19.9. The molecule has 144 valence electrons. The number of hydrogen-bond acceptors (Lipinski definition) is 0. The molecule has 0 amide bonds. The van der Waals surface area contributed by atoms with Crippen LogP contribution in [0.4, 0.5) is 0 Å². The van der Waals surface area contributed by atoms with Gasteiger partial charge in [-0.15, -0.1) is 0 Å². The van der Waals surface area contributed by atoms with Crippen LogP contribution in [0, 0.1) is 0 Å². The van der Waals surface area contributed by atoms with Crippen molar-refractivity contribution in [2.75, 3.05) is 6.16 Å². The maximum Gasteiger partial charge on any atom is 0.112 e. The van der Waals surface area contributed by atoms with E-state index in [1.54, 1.807) is 0 Å². The average Bonchev–Trinajstić information content (AvgIpc) is 2.80. The van der Waals surface area contributed by atoms with E-state index in [0.717, 1.165) is 24.0 Å². The van der Waals surface area contributed by atoms with Crippen molar-refractivity contribution in [3.05, 3.63) is 126 Å². The molecule has 0 aromatic heterocycles. The lowest BCUT2D eigenvalue weighted by Gasteiger charge is -2.27. The van der Waals surface area contributed by atoms with Crippen molar-refractivity contribution in [1.29, 1.82) is 0 Å². The van der Waals surface area contributed by atoms with Crippen LogP contribution in [0.15, 0.2) is 115 Å². The monoisotopic (exact) mass is 415 g/mol. The lowest BCUT2D eigenvalue weighted by molar-refractivity contribution is 0.928. The summed E-state index contributed by atoms with van der Waals surface area (Å²) in [5.74, 6) is 0. The summed E-state index contributed by atoms with van der Waals surface area (Å²) in [5.41, 5.74) is 1.24. The molecular weight excluding hydrogens is 391 g/mol. The summed E-state index contributed by atoms with van der Waals surface area (Å²) in [6.07, 6.45) is 3.21. The van der Waals surface area contributed by atoms with Crippen LogP contribution in [-0.4, -0.2) is 6.16 Å². The van der Waals surface area contributed by atoms with Crippen LogP contribution in [0.25, 0.3) is 0 Å². The molecule has 0 heterocycles. The summed E-state index contributed by atoms with van der Waals surface area (Å²) in [4.78, 5) is 0. The first kappa shape index (κ1) is 19.9. The molecule has 29 heavy (non-hydrogen) atoms. The van der Waals surface area contributed by atoms with Crippen LogP contribution in [0.5, 0.6) is 0 Å². The van der Waals surface area contributed by atoms with E-state index >= 15 is 0 Å². The van der Waals surface area contributed by atoms with Crippen molar-refractivity contribution in [2.45, 2.75) is 12.8 Å². The standard InChI is InChI=1S/C27H25ClP/c28-27-21-11-10-13-23(27)14-12-22-29(24-15-4-1-5-16-24,25-17-6-2-7-18-25)26-19-8-3-9-20-26/h1-11,13,15-21H,12,14,22H2/q+1. The molecule has 0 fully saturated rings. The van der Waals surface area contributed by atoms with E-state index in [4.69, 9.17) is 11.6 Å². The molecule has 0 aliphatic rings. The summed E-state index contributed by atoms with van der Waals surface area (Å²) in [5, 5.41) is 5.19. The number of benzene rings is 4. The molecule has 4 aromatic carbocycles. The van der Waals surface area contributed by atoms with Gasteiger partial charge in [-0.1, -0.05) is 84.4 Å². The predicted molar refractivity (Wildman–Crippen MR) is 130 cm³/mol. The Hall–Kier alpha value is -2.40. The summed E-state index contributed by atoms with van der Waals surface area (Å²) in [6, 6.07) is 41.4. The van der Waals surface area contributed by atoms with E-state index in [1.807, 2.05) is 12.1 Å². The van der Waals surface area contributed by atoms with Crippen molar-refractivity contribution >= 4 is 34.8 Å². The van der Waals surface area contributed by atoms with Gasteiger partial charge < -0.3 is 0 Å². The molecule has 0 aliphatic carbocycles. The van der Waals surface area contributed by atoms with E-state index < -0.39 is 7.26 Å². The van der Waals surface area contributed by atoms with E-state index in [1.165, 1.54) is 21.5 Å². The van der Waals surface area contributed by atoms with E-state index in [9.17, 15) is 0 Å². The second-order valence-electron chi connectivity index (χ2n) is 7.23. The minimum absolute atomic E-state index is 0.871. The summed E-state index contributed by atoms with van der Waals surface area (Å²) >= 11 is 6.43. The second-order valence-corrected chi connectivity index (χ2v) is 11.3. The van der Waals surface area contributed by atoms with Crippen molar-refractivity contribution in [2.24, 2.45) is 0 Å². The normalized spacial score (nSPS) is 11.3. The largest absolute Gasteiger partial charge is 0.112 e. The van der Waals surface area contributed by atoms with Gasteiger partial charge in [0.15, 0.2) is 0 Å². The highest BCUT2D eigenvalue weighted by Gasteiger charge is 2.44. The van der Waals surface area contributed by atoms with E-state index in [-0.39, 0.29) is 0 Å². The second kappa shape index (κ2) is 9.40. The van der Waals surface area contributed by atoms with Crippen molar-refractivity contribution in [3.63, 3.8) is 0 Å². The summed E-state index contributed by atoms with van der Waals surface area (Å²) < 4.78 is 0. The quantitative estimate of drug-likeness (QED) is 0.312. The Labute approximate surface area is 179 Å². The van der Waals surface area contributed by atoms with Crippen LogP contribution in [0.3, 0.4) is 0 Å². The maximum absolute atomic E-state index is 6.43. The molecule has 2 heteroatoms. The van der Waals surface area contributed by atoms with Gasteiger partial charge in [0.2, 0.25) is 0 Å². The van der Waals surface area contributed by atoms with Crippen molar-refractivity contribution < 1.29 is 0 Å². The third-order valence-electron chi connectivity index (χ3n) is 5.49. The molecule has 0 aliphatic heterocycles. The van der Waals surface area contributed by atoms with E-state index in [2.05, 4.69) is 103 Å². The van der Waals surface area contributed by atoms with Crippen molar-refractivity contribution in [1.82, 2.24) is 0 Å². The molecule has 4 aromatic rings. The molecule has 0 spiro atoms. The highest BCUT2D eigenvalue weighted by Crippen LogP contribution is 2.55. The first-order valence-electron chi connectivity index (χ1n) is 10.1. The molecule has 0 saturated carbocycles. The fraction of sp³-hybridized carbons (Fsp3) is 0.111. The fourth-order valence-corrected chi connectivity index (χ4v) is 8.66. The Morgan fingerprint density at radius 3 is 1.38 bits per heavy atom. The smallest absolute Gasteiger partial charge is 0.0840 e. The van der Waals surface area contributed by atoms with Gasteiger partial charge in [0.25, 0.3) is 0 Å². The Bertz CT molecular complexity index is 933. The lowest BCUT2D eigenvalue weighted by atomic mass is 10.1. The van der Waals surface area contributed by atoms with Crippen LogP contribution in [0.2, 0.25) is 5.02 Å². The zero-order valence-corrected chi connectivity index (χ0v) is 18.1. The summed E-state index contributed by atoms with van der Waals surface area (Å²) in [6.45, 7) is 0. The van der Waals surface area contributed by atoms with Gasteiger partial charge >= 0.3 is 0 Å². The van der Waals surface area contributed by atoms with Crippen LogP contribution in [0.1, 0.15) is 12.0 Å². The van der Waals surface area contributed by atoms with Gasteiger partial charge in [-0.3, -0.25) is 0 Å². The first-order valence-corrected chi connectivity index (χ1v) is 12.4. The molecule has 0 nitrogen and oxygen atoms in total. The van der Waals surface area contributed by atoms with Crippen LogP contribution >= 0.6 is 18.9 Å². The van der Waals surface area contributed by atoms with Gasteiger partial charge in [0.1, 0.15) is 23.2 Å². The highest BCUT2D eigenvalue weighted by atomic mass is 35.5. The van der Waals surface area contributed by atoms with Gasteiger partial charge in [-0.2, -0.15) is 0 Å². The number of hydrogen-bond donors (Lipinski definition) is 0. The van der Waals surface area contributed by atoms with Gasteiger partial charge in [0.05, 0.1) is 6.16 Å². The number of rotatable bonds is 7. The maximum atomic E-state index is 6.43. The predicted octanol–water partition coefficient (Wildman–Crippen LogP) is 6.27. The fourth-order valence-electron chi connectivity index (χ4n) is 4.09. The third-order valence-corrected chi connectivity index (χ3v) is 10.4. The first-order chi connectivity index (χ1) is 14.3. The number of halogens is 1. The third kappa shape index (κ3) is 4.30. The zero-order valence-electron chi connectivity index (χ0n) is 16.4. The Kier molecular flexibility index (Phi) is 6.45. The SMILES string of the molecule is Clc1ccccc1CCC[P+](c1ccccc1)(c1ccccc1)c1ccccc1. The molecule has 0 bridgehead atoms. The molecule has 0 radical (unpaired) electrons. The molecule has 4 rings (SSSR count). The van der Waals surface area contributed by atoms with Crippen LogP contribution in [-0.2, 0) is 6.42 Å². The average molecular weight is 416 g/mol. The molecule has 0 unspecified atom stereocenters. The Balaban J connectivity index is 1.78. The minimum Gasteiger partial charge on any atom is -0.0840 e. The highest BCUT2D eigenvalue weighted by molar-refractivity contribution is 7.95. The molecular formula is C27H25ClP+. The lowest BCUT2D eigenvalue weighted by Crippen LogP contribution is -2.33. The minimum atomic E-state index is -1.75. The van der Waals surface area contributed by atoms with Crippen LogP contribution < -0.4 is 15.9 Å². The van der Waals surface area contributed by atoms with Gasteiger partial charge in [-0.05, 0) is 60.9 Å². The van der Waals surface area contributed by atoms with E-state index in [0.29, 0.717) is 0 Å². The van der Waals surface area contributed by atoms with Crippen molar-refractivity contribution in [3.8, 4) is 0 Å². The molecule has 0 saturated heterocycles. The van der Waals surface area contributed by atoms with Gasteiger partial charge in [0, 0.05) is 5.02 Å². The molecule has 0 N–H and O–H groups in total. The topological polar surface area (TPSA) is 0 Å².